The lowest BCUT2D eigenvalue weighted by molar-refractivity contribution is -0.155. The number of hydrogen-bond donors (Lipinski definition) is 2. The van der Waals surface area contributed by atoms with Crippen LogP contribution in [0.25, 0.3) is 16.5 Å². The smallest absolute Gasteiger partial charge is 0.338 e. The molecular formula is C34H44N4O7S. The Hall–Kier alpha value is -3.83. The summed E-state index contributed by atoms with van der Waals surface area (Å²) in [5, 5.41) is 28.9. The van der Waals surface area contributed by atoms with E-state index in [1.807, 2.05) is 44.4 Å². The molecule has 0 aliphatic carbocycles. The van der Waals surface area contributed by atoms with Crippen molar-refractivity contribution in [3.8, 4) is 0 Å². The van der Waals surface area contributed by atoms with Gasteiger partial charge in [-0.15, -0.1) is 11.3 Å². The van der Waals surface area contributed by atoms with Gasteiger partial charge in [0.2, 0.25) is 0 Å². The number of nitrogens with zero attached hydrogens (tertiary/aromatic N) is 4. The first kappa shape index (κ1) is 36.6. The molecule has 1 aliphatic heterocycles. The topological polar surface area (TPSA) is 172 Å². The lowest BCUT2D eigenvalue weighted by Crippen LogP contribution is -2.48. The van der Waals surface area contributed by atoms with E-state index in [4.69, 9.17) is 15.0 Å². The third kappa shape index (κ3) is 10.1. The highest BCUT2D eigenvalue weighted by Crippen LogP contribution is 2.36. The van der Waals surface area contributed by atoms with Gasteiger partial charge in [-0.25, -0.2) is 9.78 Å². The standard InChI is InChI=1S/C34H44N4O7S/c1-21-11-8-6-7-9-14-28(22(2)17-27-20-46-24(4)36-27)45-30(40)19-29(39)34(5,32(42)23(3)31(21)41)15-16-44-33(43)25-12-10-13-26(18-25)37-38-35/h7,9-10,12-13,17-18,20-21,23,28-29,31,39,41H,6,8,11,14-16,19H2,1-5H3/b9-7-,22-17+/t21-,23+,28-,29-,31-,34+/m0/s1. The number of aryl methyl sites for hydroxylation is 1. The van der Waals surface area contributed by atoms with Crippen molar-refractivity contribution in [2.45, 2.75) is 91.5 Å². The van der Waals surface area contributed by atoms with Crippen LogP contribution in [0.2, 0.25) is 0 Å². The van der Waals surface area contributed by atoms with Crippen LogP contribution in [0.5, 0.6) is 0 Å². The molecule has 2 N–H and O–H groups in total. The monoisotopic (exact) mass is 652 g/mol. The van der Waals surface area contributed by atoms with Gasteiger partial charge in [0.15, 0.2) is 0 Å². The summed E-state index contributed by atoms with van der Waals surface area (Å²) in [5.74, 6) is -2.87. The highest BCUT2D eigenvalue weighted by molar-refractivity contribution is 7.09. The van der Waals surface area contributed by atoms with Gasteiger partial charge in [-0.1, -0.05) is 43.2 Å². The molecule has 0 spiro atoms. The maximum atomic E-state index is 14.0. The number of carbonyl (C=O) groups excluding carboxylic acids is 3. The average Bonchev–Trinajstić information content (AvgIpc) is 3.44. The zero-order valence-electron chi connectivity index (χ0n) is 27.1. The third-order valence-corrected chi connectivity index (χ3v) is 9.40. The van der Waals surface area contributed by atoms with Crippen LogP contribution in [0.3, 0.4) is 0 Å². The number of aromatic nitrogens is 1. The molecule has 3 rings (SSSR count). The van der Waals surface area contributed by atoms with E-state index in [1.54, 1.807) is 13.0 Å². The van der Waals surface area contributed by atoms with Crippen LogP contribution in [-0.2, 0) is 19.1 Å². The highest BCUT2D eigenvalue weighted by atomic mass is 32.1. The maximum Gasteiger partial charge on any atom is 0.338 e. The van der Waals surface area contributed by atoms with Crippen molar-refractivity contribution in [2.75, 3.05) is 6.61 Å². The lowest BCUT2D eigenvalue weighted by atomic mass is 9.70. The Kier molecular flexibility index (Phi) is 13.7. The van der Waals surface area contributed by atoms with Crippen LogP contribution in [0.1, 0.15) is 87.3 Å². The third-order valence-electron chi connectivity index (χ3n) is 8.60. The molecule has 46 heavy (non-hydrogen) atoms. The quantitative estimate of drug-likeness (QED) is 0.105. The van der Waals surface area contributed by atoms with Gasteiger partial charge >= 0.3 is 11.9 Å². The Balaban J connectivity index is 1.85. The van der Waals surface area contributed by atoms with Crippen LogP contribution >= 0.6 is 11.3 Å². The Morgan fingerprint density at radius 2 is 2.04 bits per heavy atom. The molecule has 2 heterocycles. The lowest BCUT2D eigenvalue weighted by Gasteiger charge is -2.37. The fourth-order valence-corrected chi connectivity index (χ4v) is 6.13. The van der Waals surface area contributed by atoms with Gasteiger partial charge in [-0.3, -0.25) is 9.59 Å². The molecule has 6 atom stereocenters. The number of thiazole rings is 1. The second kappa shape index (κ2) is 17.2. The number of hydrogen-bond acceptors (Lipinski definition) is 10. The Morgan fingerprint density at radius 3 is 2.74 bits per heavy atom. The number of aliphatic hydroxyl groups excluding tert-OH is 2. The number of azide groups is 1. The van der Waals surface area contributed by atoms with E-state index in [0.29, 0.717) is 12.8 Å². The molecule has 0 unspecified atom stereocenters. The van der Waals surface area contributed by atoms with Crippen molar-refractivity contribution in [1.29, 1.82) is 0 Å². The summed E-state index contributed by atoms with van der Waals surface area (Å²) in [6.45, 7) is 8.56. The summed E-state index contributed by atoms with van der Waals surface area (Å²) < 4.78 is 11.3. The van der Waals surface area contributed by atoms with Crippen molar-refractivity contribution < 1.29 is 34.1 Å². The van der Waals surface area contributed by atoms with Gasteiger partial charge in [0, 0.05) is 28.3 Å². The zero-order valence-corrected chi connectivity index (χ0v) is 27.9. The van der Waals surface area contributed by atoms with Gasteiger partial charge in [0.1, 0.15) is 11.9 Å². The molecule has 248 valence electrons. The number of cyclic esters (lactones) is 1. The normalized spacial score (nSPS) is 27.7. The largest absolute Gasteiger partial charge is 0.462 e. The van der Waals surface area contributed by atoms with E-state index in [-0.39, 0.29) is 30.2 Å². The van der Waals surface area contributed by atoms with Crippen molar-refractivity contribution >= 4 is 40.8 Å². The number of carbonyl (C=O) groups is 3. The molecule has 1 aliphatic rings. The van der Waals surface area contributed by atoms with Gasteiger partial charge in [-0.05, 0) is 81.7 Å². The fraction of sp³-hybridized carbons (Fsp3) is 0.529. The van der Waals surface area contributed by atoms with Gasteiger partial charge in [0.05, 0.1) is 46.9 Å². The highest BCUT2D eigenvalue weighted by Gasteiger charge is 2.45. The molecule has 0 saturated heterocycles. The van der Waals surface area contributed by atoms with Crippen LogP contribution in [0.4, 0.5) is 5.69 Å². The first-order valence-corrected chi connectivity index (χ1v) is 16.4. The molecule has 1 aromatic heterocycles. The molecular weight excluding hydrogens is 608 g/mol. The molecule has 0 radical (unpaired) electrons. The van der Waals surface area contributed by atoms with Crippen molar-refractivity contribution in [2.24, 2.45) is 22.4 Å². The molecule has 11 nitrogen and oxygen atoms in total. The second-order valence-corrected chi connectivity index (χ2v) is 13.2. The van der Waals surface area contributed by atoms with Gasteiger partial charge in [-0.2, -0.15) is 0 Å². The summed E-state index contributed by atoms with van der Waals surface area (Å²) in [5.41, 5.74) is 9.08. The van der Waals surface area contributed by atoms with Crippen molar-refractivity contribution in [1.82, 2.24) is 4.98 Å². The van der Waals surface area contributed by atoms with Crippen molar-refractivity contribution in [3.63, 3.8) is 0 Å². The zero-order chi connectivity index (χ0) is 33.9. The van der Waals surface area contributed by atoms with E-state index in [9.17, 15) is 24.6 Å². The first-order valence-electron chi connectivity index (χ1n) is 15.5. The average molecular weight is 653 g/mol. The molecule has 0 fully saturated rings. The van der Waals surface area contributed by atoms with Crippen LogP contribution < -0.4 is 0 Å². The number of allylic oxidation sites excluding steroid dienone is 1. The first-order chi connectivity index (χ1) is 21.8. The number of aliphatic hydroxyl groups is 2. The summed E-state index contributed by atoms with van der Waals surface area (Å²) in [6.07, 6.45) is 4.90. The number of benzene rings is 1. The minimum atomic E-state index is -1.55. The minimum Gasteiger partial charge on any atom is -0.462 e. The van der Waals surface area contributed by atoms with Crippen LogP contribution in [-0.4, -0.2) is 57.8 Å². The molecule has 0 bridgehead atoms. The van der Waals surface area contributed by atoms with E-state index in [1.165, 1.54) is 36.5 Å². The molecule has 0 saturated carbocycles. The van der Waals surface area contributed by atoms with Gasteiger partial charge < -0.3 is 19.7 Å². The molecule has 0 amide bonds. The van der Waals surface area contributed by atoms with Crippen LogP contribution in [0, 0.1) is 24.2 Å². The Labute approximate surface area is 274 Å². The predicted octanol–water partition coefficient (Wildman–Crippen LogP) is 7.05. The van der Waals surface area contributed by atoms with Crippen molar-refractivity contribution in [3.05, 3.63) is 74.1 Å². The molecule has 2 aromatic rings. The Bertz CT molecular complexity index is 1480. The van der Waals surface area contributed by atoms with E-state index in [2.05, 4.69) is 15.0 Å². The number of rotatable bonds is 7. The maximum absolute atomic E-state index is 14.0. The minimum absolute atomic E-state index is 0.109. The van der Waals surface area contributed by atoms with Gasteiger partial charge in [0.25, 0.3) is 0 Å². The summed E-state index contributed by atoms with van der Waals surface area (Å²) in [6, 6.07) is 5.96. The fourth-order valence-electron chi connectivity index (χ4n) is 5.56. The predicted molar refractivity (Wildman–Crippen MR) is 176 cm³/mol. The second-order valence-electron chi connectivity index (χ2n) is 12.2. The number of Topliss-reactive ketones (excluding diaryl/α,β-unsaturated/α-hetero) is 1. The number of ether oxygens (including phenoxy) is 2. The van der Waals surface area contributed by atoms with E-state index in [0.717, 1.165) is 29.1 Å². The SMILES string of the molecule is C/C(=C\c1csc(C)n1)[C@@H]1C/C=C\CCC[C@H](C)[C@H](O)[C@@H](C)C(=O)[C@](C)(CCOC(=O)c2cccc(N=[N+]=[N-])c2)[C@@H](O)CC(=O)O1. The van der Waals surface area contributed by atoms with Crippen LogP contribution in [0.15, 0.2) is 52.5 Å². The van der Waals surface area contributed by atoms with E-state index < -0.39 is 53.8 Å². The molecule has 12 heteroatoms. The van der Waals surface area contributed by atoms with E-state index >= 15 is 0 Å². The molecule has 1 aromatic carbocycles. The number of esters is 2. The number of ketones is 1. The summed E-state index contributed by atoms with van der Waals surface area (Å²) in [4.78, 5) is 47.2. The summed E-state index contributed by atoms with van der Waals surface area (Å²) in [7, 11) is 0. The summed E-state index contributed by atoms with van der Waals surface area (Å²) >= 11 is 1.52. The Morgan fingerprint density at radius 1 is 1.28 bits per heavy atom.